The Morgan fingerprint density at radius 1 is 1.19 bits per heavy atom. The van der Waals surface area contributed by atoms with Gasteiger partial charge in [-0.15, -0.1) is 0 Å². The van der Waals surface area contributed by atoms with Crippen LogP contribution in [0.25, 0.3) is 22.3 Å². The summed E-state index contributed by atoms with van der Waals surface area (Å²) in [5, 5.41) is 20.7. The van der Waals surface area contributed by atoms with E-state index >= 15 is 4.39 Å². The Morgan fingerprint density at radius 2 is 1.93 bits per heavy atom. The van der Waals surface area contributed by atoms with Crippen molar-refractivity contribution < 1.29 is 38.2 Å². The molecule has 0 aromatic carbocycles. The molecule has 7 rings (SSSR count). The number of aliphatic hydroxyl groups excluding tert-OH is 2. The van der Waals surface area contributed by atoms with Crippen molar-refractivity contribution in [3.05, 3.63) is 29.3 Å². The molecule has 3 saturated heterocycles. The highest BCUT2D eigenvalue weighted by Gasteiger charge is 2.63. The number of nitrogen functional groups attached to an aromatic ring is 2. The van der Waals surface area contributed by atoms with Crippen molar-refractivity contribution in [1.82, 2.24) is 39.0 Å². The first kappa shape index (κ1) is 28.6. The molecule has 21 heteroatoms. The summed E-state index contributed by atoms with van der Waals surface area (Å²) in [5.74, 6) is -0.0528. The summed E-state index contributed by atoms with van der Waals surface area (Å²) < 4.78 is 42.5. The minimum atomic E-state index is -4.14. The average molecular weight is 641 g/mol. The maximum atomic E-state index is 15.9. The normalized spacial score (nSPS) is 33.5. The third-order valence-corrected chi connectivity index (χ3v) is 10.8. The van der Waals surface area contributed by atoms with E-state index in [1.165, 1.54) is 23.5 Å². The van der Waals surface area contributed by atoms with Crippen LogP contribution in [0.2, 0.25) is 0 Å². The van der Waals surface area contributed by atoms with Gasteiger partial charge in [-0.2, -0.15) is 4.98 Å². The van der Waals surface area contributed by atoms with Gasteiger partial charge >= 0.3 is 0 Å². The van der Waals surface area contributed by atoms with Crippen molar-refractivity contribution in [3.8, 4) is 0 Å². The zero-order chi connectivity index (χ0) is 30.3. The molecule has 4 aromatic heterocycles. The van der Waals surface area contributed by atoms with E-state index in [1.807, 2.05) is 0 Å². The predicted octanol–water partition coefficient (Wildman–Crippen LogP) is -1.54. The Morgan fingerprint density at radius 3 is 2.70 bits per heavy atom. The minimum Gasteiger partial charge on any atom is -0.396 e. The van der Waals surface area contributed by atoms with Crippen molar-refractivity contribution in [2.75, 3.05) is 31.3 Å². The summed E-state index contributed by atoms with van der Waals surface area (Å²) in [6, 6.07) is 0. The number of nitrogens with one attached hydrogen (secondary N) is 1. The van der Waals surface area contributed by atoms with Crippen molar-refractivity contribution in [2.24, 2.45) is 0 Å². The topological polar surface area (TPSA) is 257 Å². The number of halogens is 1. The lowest BCUT2D eigenvalue weighted by molar-refractivity contribution is -0.182. The summed E-state index contributed by atoms with van der Waals surface area (Å²) >= 11 is 5.50. The number of aliphatic hydroxyl groups is 2. The average Bonchev–Trinajstić information content (AvgIpc) is 3.76. The molecule has 230 valence electrons. The lowest BCUT2D eigenvalue weighted by Crippen LogP contribution is -2.45. The Balaban J connectivity index is 1.17. The highest BCUT2D eigenvalue weighted by molar-refractivity contribution is 8.09. The van der Waals surface area contributed by atoms with E-state index in [0.29, 0.717) is 11.2 Å². The second-order valence-corrected chi connectivity index (χ2v) is 14.1. The molecule has 1 unspecified atom stereocenters. The fourth-order valence-corrected chi connectivity index (χ4v) is 8.33. The number of aromatic amines is 1. The number of nitrogens with two attached hydrogens (primary N) is 2. The third kappa shape index (κ3) is 4.36. The lowest BCUT2D eigenvalue weighted by Gasteiger charge is -2.34. The summed E-state index contributed by atoms with van der Waals surface area (Å²) in [6.45, 7) is -5.12. The lowest BCUT2D eigenvalue weighted by atomic mass is 10.0. The second-order valence-electron chi connectivity index (χ2n) is 10.5. The van der Waals surface area contributed by atoms with Gasteiger partial charge in [0, 0.05) is 6.61 Å². The molecule has 3 aliphatic rings. The molecule has 2 bridgehead atoms. The van der Waals surface area contributed by atoms with E-state index in [4.69, 9.17) is 42.0 Å². The van der Waals surface area contributed by atoms with Gasteiger partial charge in [0.2, 0.25) is 5.95 Å². The van der Waals surface area contributed by atoms with Gasteiger partial charge in [-0.25, -0.2) is 24.3 Å². The van der Waals surface area contributed by atoms with Crippen molar-refractivity contribution in [3.63, 3.8) is 0 Å². The number of aromatic nitrogens is 8. The fourth-order valence-electron chi connectivity index (χ4n) is 5.85. The van der Waals surface area contributed by atoms with E-state index in [1.54, 1.807) is 4.57 Å². The number of imidazole rings is 2. The standard InChI is InChI=1S/C22H26FN10O8PS/c23-9-8(1-2-34)40-20(33-7-29-11-17(33)30-21(25)31-18(11)36)13(9)42(37,43)39-4-22-3-38-12(14(22)35)19(41-22)32-6-28-10-15(24)26-5-27-16(10)32/h5-9,12-14,19-20,34-35H,1-4H2,(H,37,43)(H2,24,26,27)(H3,25,30,31,36)/t8-,9-,12-,13-,14+,19-,20-,22-,42?/m1/s1. The molecule has 43 heavy (non-hydrogen) atoms. The number of alkyl halides is 1. The first-order valence-corrected chi connectivity index (χ1v) is 15.8. The monoisotopic (exact) mass is 640 g/mol. The number of fused-ring (bicyclic) bond motifs is 4. The summed E-state index contributed by atoms with van der Waals surface area (Å²) in [6.07, 6.45) is -3.57. The molecular weight excluding hydrogens is 614 g/mol. The van der Waals surface area contributed by atoms with Crippen LogP contribution in [-0.4, -0.2) is 110 Å². The third-order valence-electron chi connectivity index (χ3n) is 7.96. The zero-order valence-corrected chi connectivity index (χ0v) is 23.7. The Kier molecular flexibility index (Phi) is 6.76. The fraction of sp³-hybridized carbons (Fsp3) is 0.545. The smallest absolute Gasteiger partial charge is 0.280 e. The molecule has 4 aromatic rings. The summed E-state index contributed by atoms with van der Waals surface area (Å²) in [5.41, 5.74) is 8.58. The van der Waals surface area contributed by atoms with Gasteiger partial charge in [-0.05, 0) is 18.2 Å². The molecule has 8 N–H and O–H groups in total. The van der Waals surface area contributed by atoms with Crippen LogP contribution in [0.1, 0.15) is 18.9 Å². The van der Waals surface area contributed by atoms with Gasteiger partial charge in [-0.1, -0.05) is 0 Å². The SMILES string of the molecule is Nc1nc2c(ncn2[C@@H]2O[C@H](CCO)[C@@H](F)[C@H]2P(O)(=S)OC[C@@]23CO[C@@H]([C@H](n4cnc5c(N)ncnc54)O2)[C@@H]3O)c(=O)[nH]1. The maximum absolute atomic E-state index is 15.9. The first-order valence-electron chi connectivity index (χ1n) is 13.0. The van der Waals surface area contributed by atoms with Gasteiger partial charge in [0.1, 0.15) is 41.5 Å². The van der Waals surface area contributed by atoms with Gasteiger partial charge in [0.25, 0.3) is 5.56 Å². The number of ether oxygens (including phenoxy) is 3. The molecule has 0 radical (unpaired) electrons. The molecule has 0 aliphatic carbocycles. The van der Waals surface area contributed by atoms with Crippen LogP contribution in [0, 0.1) is 0 Å². The zero-order valence-electron chi connectivity index (χ0n) is 22.0. The van der Waals surface area contributed by atoms with Gasteiger partial charge < -0.3 is 45.3 Å². The van der Waals surface area contributed by atoms with Crippen LogP contribution in [0.15, 0.2) is 23.8 Å². The molecule has 7 heterocycles. The van der Waals surface area contributed by atoms with Crippen LogP contribution in [-0.2, 0) is 30.5 Å². The van der Waals surface area contributed by atoms with E-state index < -0.39 is 73.5 Å². The van der Waals surface area contributed by atoms with E-state index in [9.17, 15) is 19.9 Å². The number of H-pyrrole nitrogens is 1. The van der Waals surface area contributed by atoms with Gasteiger partial charge in [0.15, 0.2) is 41.6 Å². The summed E-state index contributed by atoms with van der Waals surface area (Å²) in [4.78, 5) is 46.7. The van der Waals surface area contributed by atoms with Crippen molar-refractivity contribution in [2.45, 2.75) is 54.6 Å². The number of nitrogens with zero attached hydrogens (tertiary/aromatic N) is 7. The minimum absolute atomic E-state index is 0.0249. The van der Waals surface area contributed by atoms with Crippen LogP contribution in [0.5, 0.6) is 0 Å². The van der Waals surface area contributed by atoms with Gasteiger partial charge in [0.05, 0.1) is 32.0 Å². The Labute approximate surface area is 245 Å². The highest BCUT2D eigenvalue weighted by Crippen LogP contribution is 2.60. The van der Waals surface area contributed by atoms with E-state index in [0.717, 1.165) is 0 Å². The maximum Gasteiger partial charge on any atom is 0.280 e. The first-order chi connectivity index (χ1) is 20.5. The number of rotatable bonds is 8. The van der Waals surface area contributed by atoms with E-state index in [2.05, 4.69) is 29.9 Å². The molecule has 3 fully saturated rings. The molecule has 3 aliphatic heterocycles. The number of hydrogen-bond acceptors (Lipinski definition) is 15. The molecule has 9 atom stereocenters. The summed E-state index contributed by atoms with van der Waals surface area (Å²) in [7, 11) is 0. The van der Waals surface area contributed by atoms with Crippen molar-refractivity contribution in [1.29, 1.82) is 0 Å². The highest BCUT2D eigenvalue weighted by atomic mass is 32.5. The Bertz CT molecular complexity index is 1820. The van der Waals surface area contributed by atoms with Crippen molar-refractivity contribution >= 4 is 52.4 Å². The van der Waals surface area contributed by atoms with E-state index in [-0.39, 0.29) is 36.0 Å². The number of hydrogen-bond donors (Lipinski definition) is 6. The number of anilines is 2. The molecule has 0 amide bonds. The predicted molar refractivity (Wildman–Crippen MR) is 148 cm³/mol. The molecular formula is C22H26FN10O8PS. The van der Waals surface area contributed by atoms with Crippen LogP contribution >= 0.6 is 6.49 Å². The van der Waals surface area contributed by atoms with Crippen LogP contribution < -0.4 is 17.0 Å². The van der Waals surface area contributed by atoms with Gasteiger partial charge in [-0.3, -0.25) is 18.9 Å². The largest absolute Gasteiger partial charge is 0.396 e. The Hall–Kier alpha value is -3.20. The van der Waals surface area contributed by atoms with Crippen LogP contribution in [0.3, 0.4) is 0 Å². The molecule has 0 spiro atoms. The second kappa shape index (κ2) is 10.2. The van der Waals surface area contributed by atoms with Crippen LogP contribution in [0.4, 0.5) is 16.2 Å². The quantitative estimate of drug-likeness (QED) is 0.119. The molecule has 0 saturated carbocycles. The molecule has 18 nitrogen and oxygen atoms in total.